The molecule has 10 heteroatoms. The van der Waals surface area contributed by atoms with Crippen LogP contribution >= 0.6 is 0 Å². The van der Waals surface area contributed by atoms with Gasteiger partial charge < -0.3 is 15.4 Å². The van der Waals surface area contributed by atoms with Crippen LogP contribution < -0.4 is 10.6 Å². The molecule has 0 aliphatic carbocycles. The van der Waals surface area contributed by atoms with Crippen LogP contribution in [0, 0.1) is 0 Å². The molecular formula is C33H27FN2O6S. The fourth-order valence-electron chi connectivity index (χ4n) is 5.09. The highest BCUT2D eigenvalue weighted by Gasteiger charge is 2.39. The molecule has 0 saturated heterocycles. The molecule has 0 spiro atoms. The van der Waals surface area contributed by atoms with Crippen molar-refractivity contribution in [2.75, 3.05) is 6.61 Å². The van der Waals surface area contributed by atoms with Crippen molar-refractivity contribution in [1.29, 1.82) is 0 Å². The Labute approximate surface area is 248 Å². The lowest BCUT2D eigenvalue weighted by Gasteiger charge is -2.37. The normalized spacial score (nSPS) is 14.1. The van der Waals surface area contributed by atoms with E-state index in [4.69, 9.17) is 4.74 Å². The standard InChI is InChI=1S/C33H27FN2O6S/c34-31(38)28(35-32(39)42-22-27-20-23-12-10-11-19-29(23)43(27,40)41)21-30(37)36-33(24-13-4-1-5-14-24,25-15-6-2-7-16-25)26-17-8-3-9-18-26/h1-20,28H,21-22H2,(H,35,39)(H,36,37)/t28-/m0/s1. The van der Waals surface area contributed by atoms with E-state index in [2.05, 4.69) is 10.6 Å². The monoisotopic (exact) mass is 598 g/mol. The van der Waals surface area contributed by atoms with Gasteiger partial charge in [0.25, 0.3) is 0 Å². The molecule has 0 bridgehead atoms. The summed E-state index contributed by atoms with van der Waals surface area (Å²) in [5.41, 5.74) is 1.37. The minimum Gasteiger partial charge on any atom is -0.444 e. The SMILES string of the molecule is O=C(C[C@H](NC(=O)OCC1=Cc2ccccc2S1(=O)=O)C(=O)F)NC(c1ccccc1)(c1ccccc1)c1ccccc1. The van der Waals surface area contributed by atoms with E-state index < -0.39 is 52.5 Å². The van der Waals surface area contributed by atoms with E-state index in [-0.39, 0.29) is 9.80 Å². The van der Waals surface area contributed by atoms with Gasteiger partial charge in [0.15, 0.2) is 0 Å². The largest absolute Gasteiger partial charge is 0.444 e. The van der Waals surface area contributed by atoms with Crippen LogP contribution in [0.5, 0.6) is 0 Å². The summed E-state index contributed by atoms with van der Waals surface area (Å²) in [6.45, 7) is -0.638. The highest BCUT2D eigenvalue weighted by molar-refractivity contribution is 7.95. The molecule has 0 aromatic heterocycles. The van der Waals surface area contributed by atoms with Gasteiger partial charge in [-0.25, -0.2) is 13.2 Å². The Morgan fingerprint density at radius 2 is 1.23 bits per heavy atom. The van der Waals surface area contributed by atoms with Crippen molar-refractivity contribution < 1.29 is 31.9 Å². The predicted molar refractivity (Wildman–Crippen MR) is 158 cm³/mol. The maximum Gasteiger partial charge on any atom is 0.408 e. The lowest BCUT2D eigenvalue weighted by molar-refractivity contribution is -0.134. The van der Waals surface area contributed by atoms with Gasteiger partial charge in [0, 0.05) is 0 Å². The van der Waals surface area contributed by atoms with Crippen LogP contribution in [0.2, 0.25) is 0 Å². The van der Waals surface area contributed by atoms with Gasteiger partial charge in [-0.05, 0) is 34.4 Å². The molecule has 218 valence electrons. The quantitative estimate of drug-likeness (QED) is 0.198. The molecule has 43 heavy (non-hydrogen) atoms. The number of benzene rings is 4. The number of halogens is 1. The van der Waals surface area contributed by atoms with Crippen LogP contribution in [-0.2, 0) is 29.7 Å². The first-order valence-electron chi connectivity index (χ1n) is 13.4. The zero-order chi connectivity index (χ0) is 30.5. The van der Waals surface area contributed by atoms with Crippen LogP contribution in [-0.4, -0.2) is 39.1 Å². The van der Waals surface area contributed by atoms with Crippen molar-refractivity contribution >= 4 is 34.0 Å². The lowest BCUT2D eigenvalue weighted by atomic mass is 9.77. The molecule has 0 fully saturated rings. The molecule has 1 atom stereocenters. The number of sulfone groups is 1. The van der Waals surface area contributed by atoms with Crippen LogP contribution in [0.3, 0.4) is 0 Å². The van der Waals surface area contributed by atoms with Crippen molar-refractivity contribution in [3.8, 4) is 0 Å². The van der Waals surface area contributed by atoms with Crippen LogP contribution in [0.15, 0.2) is 125 Å². The van der Waals surface area contributed by atoms with E-state index in [0.717, 1.165) is 0 Å². The lowest BCUT2D eigenvalue weighted by Crippen LogP contribution is -2.50. The number of nitrogens with one attached hydrogen (secondary N) is 2. The maximum absolute atomic E-state index is 14.1. The molecule has 4 aromatic carbocycles. The minimum absolute atomic E-state index is 0.0845. The Bertz CT molecular complexity index is 1680. The van der Waals surface area contributed by atoms with Gasteiger partial charge in [0.2, 0.25) is 15.7 Å². The molecule has 4 aromatic rings. The molecule has 1 aliphatic heterocycles. The summed E-state index contributed by atoms with van der Waals surface area (Å²) >= 11 is 0. The van der Waals surface area contributed by atoms with Gasteiger partial charge >= 0.3 is 12.1 Å². The Hall–Kier alpha value is -5.09. The van der Waals surface area contributed by atoms with Crippen molar-refractivity contribution in [1.82, 2.24) is 10.6 Å². The minimum atomic E-state index is -3.85. The Morgan fingerprint density at radius 1 is 0.744 bits per heavy atom. The number of carbonyl (C=O) groups is 3. The molecule has 1 aliphatic rings. The van der Waals surface area contributed by atoms with Crippen LogP contribution in [0.1, 0.15) is 28.7 Å². The molecule has 5 rings (SSSR count). The fraction of sp³-hybridized carbons (Fsp3) is 0.121. The average Bonchev–Trinajstić information content (AvgIpc) is 3.29. The summed E-state index contributed by atoms with van der Waals surface area (Å²) in [6.07, 6.45) is -0.624. The van der Waals surface area contributed by atoms with E-state index in [1.807, 2.05) is 91.0 Å². The molecular weight excluding hydrogens is 571 g/mol. The topological polar surface area (TPSA) is 119 Å². The van der Waals surface area contributed by atoms with Crippen molar-refractivity contribution in [3.63, 3.8) is 0 Å². The second-order valence-corrected chi connectivity index (χ2v) is 11.8. The smallest absolute Gasteiger partial charge is 0.408 e. The third-order valence-corrected chi connectivity index (χ3v) is 9.00. The van der Waals surface area contributed by atoms with E-state index in [1.165, 1.54) is 12.1 Å². The number of amides is 2. The highest BCUT2D eigenvalue weighted by Crippen LogP contribution is 2.37. The Balaban J connectivity index is 1.35. The second kappa shape index (κ2) is 12.4. The molecule has 2 amide bonds. The molecule has 0 saturated carbocycles. The van der Waals surface area contributed by atoms with E-state index in [1.54, 1.807) is 18.2 Å². The Morgan fingerprint density at radius 3 is 1.72 bits per heavy atom. The zero-order valence-electron chi connectivity index (χ0n) is 22.8. The van der Waals surface area contributed by atoms with Crippen molar-refractivity contribution in [3.05, 3.63) is 142 Å². The summed E-state index contributed by atoms with van der Waals surface area (Å²) in [5, 5.41) is 5.05. The second-order valence-electron chi connectivity index (χ2n) is 9.83. The molecule has 2 N–H and O–H groups in total. The van der Waals surface area contributed by atoms with Gasteiger partial charge in [-0.15, -0.1) is 0 Å². The summed E-state index contributed by atoms with van der Waals surface area (Å²) in [5.74, 6) is -0.732. The predicted octanol–water partition coefficient (Wildman–Crippen LogP) is 4.90. The highest BCUT2D eigenvalue weighted by atomic mass is 32.2. The first kappa shape index (κ1) is 29.4. The molecule has 8 nitrogen and oxygen atoms in total. The summed E-state index contributed by atoms with van der Waals surface area (Å²) in [6, 6.07) is 30.0. The van der Waals surface area contributed by atoms with E-state index in [9.17, 15) is 27.2 Å². The summed E-state index contributed by atoms with van der Waals surface area (Å²) in [4.78, 5) is 37.9. The van der Waals surface area contributed by atoms with Gasteiger partial charge in [-0.1, -0.05) is 109 Å². The number of fused-ring (bicyclic) bond motifs is 1. The van der Waals surface area contributed by atoms with E-state index in [0.29, 0.717) is 22.3 Å². The van der Waals surface area contributed by atoms with Crippen LogP contribution in [0.25, 0.3) is 6.08 Å². The number of ether oxygens (including phenoxy) is 1. The van der Waals surface area contributed by atoms with Crippen molar-refractivity contribution in [2.24, 2.45) is 0 Å². The van der Waals surface area contributed by atoms with Gasteiger partial charge in [-0.3, -0.25) is 9.59 Å². The third-order valence-electron chi connectivity index (χ3n) is 7.12. The molecule has 1 heterocycles. The molecule has 0 unspecified atom stereocenters. The van der Waals surface area contributed by atoms with Crippen molar-refractivity contribution in [2.45, 2.75) is 22.9 Å². The van der Waals surface area contributed by atoms with Crippen LogP contribution in [0.4, 0.5) is 9.18 Å². The zero-order valence-corrected chi connectivity index (χ0v) is 23.6. The Kier molecular flexibility index (Phi) is 8.49. The maximum atomic E-state index is 14.1. The first-order chi connectivity index (χ1) is 20.7. The van der Waals surface area contributed by atoms with Gasteiger partial charge in [0.05, 0.1) is 16.2 Å². The summed E-state index contributed by atoms with van der Waals surface area (Å²) < 4.78 is 44.6. The fourth-order valence-corrected chi connectivity index (χ4v) is 6.56. The van der Waals surface area contributed by atoms with Gasteiger partial charge in [0.1, 0.15) is 18.2 Å². The number of alkyl carbamates (subject to hydrolysis) is 1. The number of hydrogen-bond donors (Lipinski definition) is 2. The number of rotatable bonds is 10. The average molecular weight is 599 g/mol. The first-order valence-corrected chi connectivity index (χ1v) is 14.8. The number of hydrogen-bond acceptors (Lipinski definition) is 6. The van der Waals surface area contributed by atoms with E-state index >= 15 is 0 Å². The molecule has 0 radical (unpaired) electrons. The number of carbonyl (C=O) groups excluding carboxylic acids is 3. The van der Waals surface area contributed by atoms with Gasteiger partial charge in [-0.2, -0.15) is 4.39 Å². The summed E-state index contributed by atoms with van der Waals surface area (Å²) in [7, 11) is -3.85. The third kappa shape index (κ3) is 6.09.